The van der Waals surface area contributed by atoms with Crippen molar-refractivity contribution in [3.63, 3.8) is 0 Å². The van der Waals surface area contributed by atoms with E-state index in [2.05, 4.69) is 45.7 Å². The van der Waals surface area contributed by atoms with Crippen LogP contribution >= 0.6 is 31.9 Å². The maximum absolute atomic E-state index is 12.1. The van der Waals surface area contributed by atoms with Gasteiger partial charge in [-0.1, -0.05) is 26.7 Å². The summed E-state index contributed by atoms with van der Waals surface area (Å²) in [5, 5.41) is 0. The second kappa shape index (κ2) is 7.37. The molecule has 0 aromatic carbocycles. The predicted octanol–water partition coefficient (Wildman–Crippen LogP) is 4.52. The van der Waals surface area contributed by atoms with Gasteiger partial charge in [0, 0.05) is 16.7 Å². The largest absolute Gasteiger partial charge is 0.311 e. The molecular formula is C13H19Br2NO. The Morgan fingerprint density at radius 2 is 1.82 bits per heavy atom. The predicted molar refractivity (Wildman–Crippen MR) is 79.6 cm³/mol. The number of aromatic nitrogens is 1. The van der Waals surface area contributed by atoms with E-state index in [1.54, 1.807) is 0 Å². The minimum Gasteiger partial charge on any atom is -0.311 e. The SMILES string of the molecule is CCCCCc1c(Br)cc(Br)c(=O)n1CCC. The van der Waals surface area contributed by atoms with Crippen LogP contribution in [0.3, 0.4) is 0 Å². The lowest BCUT2D eigenvalue weighted by Crippen LogP contribution is -2.24. The zero-order chi connectivity index (χ0) is 12.8. The van der Waals surface area contributed by atoms with Gasteiger partial charge in [-0.05, 0) is 57.2 Å². The lowest BCUT2D eigenvalue weighted by molar-refractivity contribution is 0.592. The van der Waals surface area contributed by atoms with E-state index in [0.29, 0.717) is 4.47 Å². The summed E-state index contributed by atoms with van der Waals surface area (Å²) in [5.41, 5.74) is 1.22. The summed E-state index contributed by atoms with van der Waals surface area (Å²) in [5.74, 6) is 0. The monoisotopic (exact) mass is 363 g/mol. The van der Waals surface area contributed by atoms with E-state index in [1.165, 1.54) is 12.8 Å². The van der Waals surface area contributed by atoms with Crippen LogP contribution in [0.25, 0.3) is 0 Å². The van der Waals surface area contributed by atoms with Crippen LogP contribution in [-0.2, 0) is 13.0 Å². The fourth-order valence-electron chi connectivity index (χ4n) is 1.89. The highest BCUT2D eigenvalue weighted by Crippen LogP contribution is 2.21. The number of nitrogens with zero attached hydrogens (tertiary/aromatic N) is 1. The average Bonchev–Trinajstić information content (AvgIpc) is 2.30. The third-order valence-corrected chi connectivity index (χ3v) is 4.02. The number of hydrogen-bond acceptors (Lipinski definition) is 1. The number of hydrogen-bond donors (Lipinski definition) is 0. The molecule has 96 valence electrons. The Bertz CT molecular complexity index is 426. The summed E-state index contributed by atoms with van der Waals surface area (Å²) in [4.78, 5) is 12.1. The maximum atomic E-state index is 12.1. The van der Waals surface area contributed by atoms with Crippen molar-refractivity contribution in [1.82, 2.24) is 4.57 Å². The third kappa shape index (κ3) is 3.95. The topological polar surface area (TPSA) is 22.0 Å². The summed E-state index contributed by atoms with van der Waals surface area (Å²) in [6, 6.07) is 1.87. The first-order chi connectivity index (χ1) is 8.11. The first-order valence-electron chi connectivity index (χ1n) is 6.19. The molecule has 4 heteroatoms. The van der Waals surface area contributed by atoms with E-state index < -0.39 is 0 Å². The first-order valence-corrected chi connectivity index (χ1v) is 7.78. The normalized spacial score (nSPS) is 10.8. The average molecular weight is 365 g/mol. The fourth-order valence-corrected chi connectivity index (χ4v) is 3.29. The Hall–Kier alpha value is -0.0900. The molecule has 2 nitrogen and oxygen atoms in total. The van der Waals surface area contributed by atoms with Gasteiger partial charge in [0.15, 0.2) is 0 Å². The molecule has 0 radical (unpaired) electrons. The molecule has 17 heavy (non-hydrogen) atoms. The second-order valence-corrected chi connectivity index (χ2v) is 5.91. The summed E-state index contributed by atoms with van der Waals surface area (Å²) in [6.45, 7) is 5.07. The summed E-state index contributed by atoms with van der Waals surface area (Å²) >= 11 is 6.88. The van der Waals surface area contributed by atoms with Crippen molar-refractivity contribution in [1.29, 1.82) is 0 Å². The van der Waals surface area contributed by atoms with Gasteiger partial charge in [0.25, 0.3) is 5.56 Å². The van der Waals surface area contributed by atoms with Gasteiger partial charge < -0.3 is 4.57 Å². The zero-order valence-electron chi connectivity index (χ0n) is 10.4. The Morgan fingerprint density at radius 1 is 1.12 bits per heavy atom. The van der Waals surface area contributed by atoms with E-state index in [1.807, 2.05) is 10.6 Å². The summed E-state index contributed by atoms with van der Waals surface area (Å²) < 4.78 is 3.56. The summed E-state index contributed by atoms with van der Waals surface area (Å²) in [7, 11) is 0. The molecule has 0 aliphatic rings. The molecule has 0 aliphatic carbocycles. The second-order valence-electron chi connectivity index (χ2n) is 4.20. The fraction of sp³-hybridized carbons (Fsp3) is 0.615. The molecule has 1 aromatic heterocycles. The maximum Gasteiger partial charge on any atom is 0.265 e. The molecule has 0 saturated carbocycles. The van der Waals surface area contributed by atoms with Crippen LogP contribution in [0.5, 0.6) is 0 Å². The van der Waals surface area contributed by atoms with Crippen molar-refractivity contribution in [2.24, 2.45) is 0 Å². The van der Waals surface area contributed by atoms with Crippen LogP contribution in [0.1, 0.15) is 45.2 Å². The molecule has 1 rings (SSSR count). The van der Waals surface area contributed by atoms with E-state index in [0.717, 1.165) is 36.0 Å². The highest BCUT2D eigenvalue weighted by molar-refractivity contribution is 9.11. The molecule has 0 amide bonds. The van der Waals surface area contributed by atoms with Gasteiger partial charge in [-0.15, -0.1) is 0 Å². The molecule has 1 heterocycles. The Labute approximate surface area is 120 Å². The Balaban J connectivity index is 3.07. The smallest absolute Gasteiger partial charge is 0.265 e. The number of pyridine rings is 1. The number of halogens is 2. The standard InChI is InChI=1S/C13H19Br2NO/c1-3-5-6-7-12-10(14)9-11(15)13(17)16(12)8-4-2/h9H,3-8H2,1-2H3. The van der Waals surface area contributed by atoms with Gasteiger partial charge in [0.2, 0.25) is 0 Å². The third-order valence-electron chi connectivity index (χ3n) is 2.77. The Morgan fingerprint density at radius 3 is 2.41 bits per heavy atom. The van der Waals surface area contributed by atoms with Crippen LogP contribution in [0.15, 0.2) is 19.8 Å². The van der Waals surface area contributed by atoms with Gasteiger partial charge in [0.05, 0.1) is 4.47 Å². The van der Waals surface area contributed by atoms with Crippen molar-refractivity contribution in [3.05, 3.63) is 31.1 Å². The molecule has 0 N–H and O–H groups in total. The van der Waals surface area contributed by atoms with Crippen LogP contribution in [0, 0.1) is 0 Å². The quantitative estimate of drug-likeness (QED) is 0.680. The molecule has 0 fully saturated rings. The lowest BCUT2D eigenvalue weighted by atomic mass is 10.1. The van der Waals surface area contributed by atoms with Crippen molar-refractivity contribution >= 4 is 31.9 Å². The van der Waals surface area contributed by atoms with Gasteiger partial charge in [-0.3, -0.25) is 4.79 Å². The molecule has 0 atom stereocenters. The zero-order valence-corrected chi connectivity index (χ0v) is 13.6. The van der Waals surface area contributed by atoms with E-state index in [-0.39, 0.29) is 5.56 Å². The molecule has 0 saturated heterocycles. The minimum atomic E-state index is 0.0848. The van der Waals surface area contributed by atoms with Crippen molar-refractivity contribution < 1.29 is 0 Å². The van der Waals surface area contributed by atoms with Gasteiger partial charge in [-0.2, -0.15) is 0 Å². The van der Waals surface area contributed by atoms with E-state index in [4.69, 9.17) is 0 Å². The van der Waals surface area contributed by atoms with Crippen LogP contribution < -0.4 is 5.56 Å². The van der Waals surface area contributed by atoms with Gasteiger partial charge >= 0.3 is 0 Å². The highest BCUT2D eigenvalue weighted by Gasteiger charge is 2.11. The van der Waals surface area contributed by atoms with Crippen LogP contribution in [0.4, 0.5) is 0 Å². The highest BCUT2D eigenvalue weighted by atomic mass is 79.9. The van der Waals surface area contributed by atoms with E-state index >= 15 is 0 Å². The lowest BCUT2D eigenvalue weighted by Gasteiger charge is -2.14. The molecule has 0 spiro atoms. The van der Waals surface area contributed by atoms with Crippen LogP contribution in [0.2, 0.25) is 0 Å². The van der Waals surface area contributed by atoms with Crippen molar-refractivity contribution in [2.75, 3.05) is 0 Å². The molecule has 0 bridgehead atoms. The minimum absolute atomic E-state index is 0.0848. The number of rotatable bonds is 6. The first kappa shape index (κ1) is 15.0. The Kier molecular flexibility index (Phi) is 6.49. The molecular weight excluding hydrogens is 346 g/mol. The van der Waals surface area contributed by atoms with E-state index in [9.17, 15) is 4.79 Å². The van der Waals surface area contributed by atoms with Crippen molar-refractivity contribution in [3.8, 4) is 0 Å². The van der Waals surface area contributed by atoms with Crippen LogP contribution in [-0.4, -0.2) is 4.57 Å². The van der Waals surface area contributed by atoms with Gasteiger partial charge in [0.1, 0.15) is 0 Å². The molecule has 1 aromatic rings. The van der Waals surface area contributed by atoms with Gasteiger partial charge in [-0.25, -0.2) is 0 Å². The number of unbranched alkanes of at least 4 members (excludes halogenated alkanes) is 2. The molecule has 0 unspecified atom stereocenters. The van der Waals surface area contributed by atoms with Crippen molar-refractivity contribution in [2.45, 2.75) is 52.5 Å². The molecule has 0 aliphatic heterocycles. The summed E-state index contributed by atoms with van der Waals surface area (Å²) in [6.07, 6.45) is 5.50.